The molecule has 3 aromatic rings. The summed E-state index contributed by atoms with van der Waals surface area (Å²) >= 11 is 6.39. The number of anilines is 3. The van der Waals surface area contributed by atoms with Crippen molar-refractivity contribution in [1.82, 2.24) is 15.0 Å². The van der Waals surface area contributed by atoms with Crippen LogP contribution in [0.4, 0.5) is 22.1 Å². The smallest absolute Gasteiger partial charge is 0.324 e. The molecule has 1 fully saturated rings. The molecule has 0 atom stereocenters. The summed E-state index contributed by atoms with van der Waals surface area (Å²) in [6.45, 7) is 4.78. The van der Waals surface area contributed by atoms with Crippen LogP contribution in [0.5, 0.6) is 0 Å². The average Bonchev–Trinajstić information content (AvgIpc) is 2.77. The van der Waals surface area contributed by atoms with Crippen LogP contribution in [0, 0.1) is 6.92 Å². The number of hydrogen-bond donors (Lipinski definition) is 2. The Morgan fingerprint density at radius 3 is 2.53 bits per heavy atom. The molecule has 0 unspecified atom stereocenters. The summed E-state index contributed by atoms with van der Waals surface area (Å²) in [5.74, 6) is 1.84. The molecule has 1 aliphatic rings. The number of ether oxygens (including phenoxy) is 1. The van der Waals surface area contributed by atoms with Crippen molar-refractivity contribution in [2.45, 2.75) is 6.92 Å². The number of nitrogens with one attached hydrogen (secondary N) is 2. The maximum absolute atomic E-state index is 12.1. The molecule has 30 heavy (non-hydrogen) atoms. The fraction of sp³-hybridized carbons (Fsp3) is 0.238. The molecule has 1 aliphatic heterocycles. The van der Waals surface area contributed by atoms with E-state index in [1.165, 1.54) is 0 Å². The molecule has 0 saturated carbocycles. The third-order valence-corrected chi connectivity index (χ3v) is 5.05. The highest BCUT2D eigenvalue weighted by Crippen LogP contribution is 2.28. The van der Waals surface area contributed by atoms with Crippen molar-refractivity contribution in [3.8, 4) is 11.4 Å². The minimum Gasteiger partial charge on any atom is -0.378 e. The van der Waals surface area contributed by atoms with Crippen molar-refractivity contribution in [1.29, 1.82) is 0 Å². The number of morpholine rings is 1. The zero-order chi connectivity index (χ0) is 20.9. The van der Waals surface area contributed by atoms with Crippen LogP contribution < -0.4 is 15.5 Å². The van der Waals surface area contributed by atoms with Gasteiger partial charge in [-0.05, 0) is 43.3 Å². The van der Waals surface area contributed by atoms with Gasteiger partial charge in [-0.25, -0.2) is 19.7 Å². The fourth-order valence-electron chi connectivity index (χ4n) is 3.11. The molecule has 9 heteroatoms. The number of aromatic nitrogens is 3. The first-order valence-corrected chi connectivity index (χ1v) is 9.94. The van der Waals surface area contributed by atoms with Gasteiger partial charge in [0.1, 0.15) is 16.8 Å². The average molecular weight is 425 g/mol. The minimum atomic E-state index is -0.370. The summed E-state index contributed by atoms with van der Waals surface area (Å²) in [4.78, 5) is 27.5. The molecule has 0 radical (unpaired) electrons. The quantitative estimate of drug-likeness (QED) is 0.615. The molecular formula is C21H21ClN6O2. The van der Waals surface area contributed by atoms with Gasteiger partial charge in [-0.1, -0.05) is 17.7 Å². The van der Waals surface area contributed by atoms with Gasteiger partial charge in [-0.15, -0.1) is 0 Å². The van der Waals surface area contributed by atoms with Crippen molar-refractivity contribution in [2.24, 2.45) is 0 Å². The van der Waals surface area contributed by atoms with E-state index in [1.807, 2.05) is 19.1 Å². The number of rotatable bonds is 4. The van der Waals surface area contributed by atoms with Gasteiger partial charge in [0.15, 0.2) is 5.82 Å². The lowest BCUT2D eigenvalue weighted by Gasteiger charge is -2.29. The molecule has 0 bridgehead atoms. The Morgan fingerprint density at radius 1 is 1.07 bits per heavy atom. The number of amides is 2. The second-order valence-electron chi connectivity index (χ2n) is 6.76. The molecular weight excluding hydrogens is 404 g/mol. The van der Waals surface area contributed by atoms with Gasteiger partial charge in [-0.3, -0.25) is 5.32 Å². The number of carbonyl (C=O) groups excluding carboxylic acids is 1. The zero-order valence-corrected chi connectivity index (χ0v) is 17.2. The summed E-state index contributed by atoms with van der Waals surface area (Å²) in [6, 6.07) is 12.2. The summed E-state index contributed by atoms with van der Waals surface area (Å²) < 4.78 is 5.43. The number of nitrogens with zero attached hydrogens (tertiary/aromatic N) is 4. The largest absolute Gasteiger partial charge is 0.378 e. The van der Waals surface area contributed by atoms with E-state index in [0.29, 0.717) is 35.7 Å². The lowest BCUT2D eigenvalue weighted by atomic mass is 10.2. The van der Waals surface area contributed by atoms with Crippen molar-refractivity contribution in [3.63, 3.8) is 0 Å². The molecule has 4 rings (SSSR count). The Morgan fingerprint density at radius 2 is 1.83 bits per heavy atom. The van der Waals surface area contributed by atoms with Crippen LogP contribution in [0.2, 0.25) is 5.15 Å². The normalized spacial score (nSPS) is 13.7. The van der Waals surface area contributed by atoms with E-state index in [4.69, 9.17) is 21.3 Å². The molecule has 2 aromatic heterocycles. The van der Waals surface area contributed by atoms with Gasteiger partial charge in [0.05, 0.1) is 13.2 Å². The van der Waals surface area contributed by atoms with E-state index in [9.17, 15) is 4.79 Å². The highest BCUT2D eigenvalue weighted by molar-refractivity contribution is 6.30. The maximum Gasteiger partial charge on any atom is 0.324 e. The predicted octanol–water partition coefficient (Wildman–Crippen LogP) is 3.98. The van der Waals surface area contributed by atoms with Crippen LogP contribution in [0.15, 0.2) is 48.7 Å². The molecule has 2 amide bonds. The Kier molecular flexibility index (Phi) is 6.06. The third kappa shape index (κ3) is 4.67. The highest BCUT2D eigenvalue weighted by Gasteiger charge is 2.19. The van der Waals surface area contributed by atoms with Gasteiger partial charge >= 0.3 is 6.03 Å². The molecule has 8 nitrogen and oxygen atoms in total. The second kappa shape index (κ2) is 9.06. The summed E-state index contributed by atoms with van der Waals surface area (Å²) in [5.41, 5.74) is 2.30. The van der Waals surface area contributed by atoms with Gasteiger partial charge < -0.3 is 15.0 Å². The molecule has 0 aliphatic carbocycles. The zero-order valence-electron chi connectivity index (χ0n) is 16.4. The Balaban J connectivity index is 1.49. The van der Waals surface area contributed by atoms with Crippen LogP contribution in [0.1, 0.15) is 5.56 Å². The first-order chi connectivity index (χ1) is 14.6. The molecule has 1 saturated heterocycles. The summed E-state index contributed by atoms with van der Waals surface area (Å²) in [6.07, 6.45) is 1.61. The van der Waals surface area contributed by atoms with Gasteiger partial charge in [0, 0.05) is 36.1 Å². The number of halogens is 1. The number of carbonyl (C=O) groups is 1. The first-order valence-electron chi connectivity index (χ1n) is 9.56. The summed E-state index contributed by atoms with van der Waals surface area (Å²) in [7, 11) is 0. The molecule has 2 N–H and O–H groups in total. The van der Waals surface area contributed by atoms with E-state index >= 15 is 0 Å². The number of benzene rings is 1. The molecule has 154 valence electrons. The maximum atomic E-state index is 12.1. The van der Waals surface area contributed by atoms with Crippen LogP contribution >= 0.6 is 11.6 Å². The summed E-state index contributed by atoms with van der Waals surface area (Å²) in [5, 5.41) is 5.88. The van der Waals surface area contributed by atoms with Gasteiger partial charge in [0.2, 0.25) is 0 Å². The second-order valence-corrected chi connectivity index (χ2v) is 7.12. The molecule has 1 aromatic carbocycles. The van der Waals surface area contributed by atoms with Crippen molar-refractivity contribution in [3.05, 3.63) is 59.4 Å². The molecule has 0 spiro atoms. The van der Waals surface area contributed by atoms with Crippen molar-refractivity contribution < 1.29 is 9.53 Å². The monoisotopic (exact) mass is 424 g/mol. The Bertz CT molecular complexity index is 1020. The van der Waals surface area contributed by atoms with E-state index in [2.05, 4.69) is 25.5 Å². The topological polar surface area (TPSA) is 92.3 Å². The predicted molar refractivity (Wildman–Crippen MR) is 117 cm³/mol. The van der Waals surface area contributed by atoms with Crippen LogP contribution in [-0.2, 0) is 4.74 Å². The number of urea groups is 1. The van der Waals surface area contributed by atoms with Crippen LogP contribution in [0.25, 0.3) is 11.4 Å². The van der Waals surface area contributed by atoms with Gasteiger partial charge in [-0.2, -0.15) is 0 Å². The lowest BCUT2D eigenvalue weighted by molar-refractivity contribution is 0.122. The number of hydrogen-bond acceptors (Lipinski definition) is 6. The SMILES string of the molecule is Cc1c(Cl)nc(-c2ccc(NC(=O)Nc3ccccn3)cc2)nc1N1CCOCC1. The Labute approximate surface area is 179 Å². The van der Waals surface area contributed by atoms with Crippen LogP contribution in [-0.4, -0.2) is 47.3 Å². The Hall–Kier alpha value is -3.23. The fourth-order valence-corrected chi connectivity index (χ4v) is 3.27. The highest BCUT2D eigenvalue weighted by atomic mass is 35.5. The first kappa shape index (κ1) is 20.1. The van der Waals surface area contributed by atoms with E-state index in [0.717, 1.165) is 30.0 Å². The molecule has 3 heterocycles. The number of pyridine rings is 1. The minimum absolute atomic E-state index is 0.370. The van der Waals surface area contributed by atoms with Gasteiger partial charge in [0.25, 0.3) is 0 Å². The van der Waals surface area contributed by atoms with Crippen LogP contribution in [0.3, 0.4) is 0 Å². The standard InChI is InChI=1S/C21H21ClN6O2/c1-14-18(22)26-19(27-20(14)28-10-12-30-13-11-28)15-5-7-16(8-6-15)24-21(29)25-17-4-2-3-9-23-17/h2-9H,10-13H2,1H3,(H2,23,24,25,29). The third-order valence-electron chi connectivity index (χ3n) is 4.68. The van der Waals surface area contributed by atoms with E-state index in [-0.39, 0.29) is 6.03 Å². The van der Waals surface area contributed by atoms with E-state index < -0.39 is 0 Å². The van der Waals surface area contributed by atoms with Crippen molar-refractivity contribution in [2.75, 3.05) is 41.8 Å². The van der Waals surface area contributed by atoms with Crippen molar-refractivity contribution >= 4 is 35.0 Å². The van der Waals surface area contributed by atoms with E-state index in [1.54, 1.807) is 36.5 Å². The lowest BCUT2D eigenvalue weighted by Crippen LogP contribution is -2.37.